The van der Waals surface area contributed by atoms with Gasteiger partial charge in [-0.15, -0.1) is 0 Å². The lowest BCUT2D eigenvalue weighted by Crippen LogP contribution is -2.40. The number of guanidine groups is 1. The second kappa shape index (κ2) is 12.8. The highest BCUT2D eigenvalue weighted by molar-refractivity contribution is 5.95. The lowest BCUT2D eigenvalue weighted by Gasteiger charge is -2.22. The van der Waals surface area contributed by atoms with E-state index in [-0.39, 0.29) is 11.7 Å². The number of nitrogen functional groups attached to an aromatic ring is 2. The zero-order chi connectivity index (χ0) is 23.3. The van der Waals surface area contributed by atoms with E-state index >= 15 is 0 Å². The fourth-order valence-corrected chi connectivity index (χ4v) is 2.91. The molecule has 0 saturated carbocycles. The first-order valence-electron chi connectivity index (χ1n) is 10.5. The van der Waals surface area contributed by atoms with Crippen LogP contribution >= 0.6 is 0 Å². The minimum absolute atomic E-state index is 0.0473. The first-order chi connectivity index (χ1) is 15.4. The van der Waals surface area contributed by atoms with E-state index in [1.807, 2.05) is 31.3 Å². The summed E-state index contributed by atoms with van der Waals surface area (Å²) < 4.78 is 11.5. The standard InChI is InChI=1S/C23H33N7O2/c1-28-23(29-13-3-15-31-19-9-5-17(6-10-19)21(24)25)30(2)14-4-16-32-20-11-7-18(8-12-20)22(26)27/h5-12H,3-4,13-16H2,1-2H3,(H3,24,25)(H3,26,27)(H,28,29). The van der Waals surface area contributed by atoms with Gasteiger partial charge >= 0.3 is 0 Å². The van der Waals surface area contributed by atoms with E-state index < -0.39 is 0 Å². The molecule has 2 rings (SSSR count). The van der Waals surface area contributed by atoms with Gasteiger partial charge in [0.15, 0.2) is 5.96 Å². The summed E-state index contributed by atoms with van der Waals surface area (Å²) in [5, 5.41) is 18.1. The van der Waals surface area contributed by atoms with Gasteiger partial charge in [-0.2, -0.15) is 0 Å². The first kappa shape index (κ1) is 24.5. The van der Waals surface area contributed by atoms with Crippen molar-refractivity contribution < 1.29 is 9.47 Å². The molecule has 0 unspecified atom stereocenters. The summed E-state index contributed by atoms with van der Waals surface area (Å²) in [6.07, 6.45) is 1.66. The Kier molecular flexibility index (Phi) is 9.83. The number of rotatable bonds is 12. The maximum atomic E-state index is 7.41. The molecule has 2 aromatic rings. The van der Waals surface area contributed by atoms with Crippen LogP contribution in [0.3, 0.4) is 0 Å². The highest BCUT2D eigenvalue weighted by atomic mass is 16.5. The second-order valence-electron chi connectivity index (χ2n) is 7.18. The largest absolute Gasteiger partial charge is 0.494 e. The zero-order valence-corrected chi connectivity index (χ0v) is 18.7. The van der Waals surface area contributed by atoms with Crippen LogP contribution in [0.15, 0.2) is 53.5 Å². The smallest absolute Gasteiger partial charge is 0.193 e. The Labute approximate surface area is 189 Å². The normalized spacial score (nSPS) is 11.0. The quantitative estimate of drug-likeness (QED) is 0.194. The molecule has 0 saturated heterocycles. The molecule has 2 aromatic carbocycles. The van der Waals surface area contributed by atoms with Gasteiger partial charge in [0.1, 0.15) is 23.2 Å². The van der Waals surface area contributed by atoms with E-state index in [1.165, 1.54) is 0 Å². The first-order valence-corrected chi connectivity index (χ1v) is 10.5. The van der Waals surface area contributed by atoms with Gasteiger partial charge in [-0.25, -0.2) is 0 Å². The number of hydrogen-bond acceptors (Lipinski definition) is 5. The average molecular weight is 440 g/mol. The van der Waals surface area contributed by atoms with Crippen LogP contribution in [0, 0.1) is 10.8 Å². The van der Waals surface area contributed by atoms with Gasteiger partial charge in [-0.3, -0.25) is 15.8 Å². The average Bonchev–Trinajstić information content (AvgIpc) is 2.79. The Morgan fingerprint density at radius 1 is 0.875 bits per heavy atom. The van der Waals surface area contributed by atoms with Crippen molar-refractivity contribution in [3.05, 3.63) is 59.7 Å². The van der Waals surface area contributed by atoms with E-state index in [4.69, 9.17) is 31.8 Å². The third-order valence-corrected chi connectivity index (χ3v) is 4.68. The van der Waals surface area contributed by atoms with Crippen LogP contribution in [0.1, 0.15) is 24.0 Å². The molecule has 0 aromatic heterocycles. The molecule has 172 valence electrons. The summed E-state index contributed by atoms with van der Waals surface area (Å²) in [4.78, 5) is 6.38. The second-order valence-corrected chi connectivity index (χ2v) is 7.18. The molecule has 0 radical (unpaired) electrons. The molecule has 7 N–H and O–H groups in total. The van der Waals surface area contributed by atoms with Crippen molar-refractivity contribution in [2.45, 2.75) is 12.8 Å². The third-order valence-electron chi connectivity index (χ3n) is 4.68. The summed E-state index contributed by atoms with van der Waals surface area (Å²) in [5.41, 5.74) is 12.3. The molecule has 32 heavy (non-hydrogen) atoms. The van der Waals surface area contributed by atoms with Crippen molar-refractivity contribution in [3.8, 4) is 11.5 Å². The highest BCUT2D eigenvalue weighted by Gasteiger charge is 2.06. The maximum Gasteiger partial charge on any atom is 0.193 e. The maximum absolute atomic E-state index is 7.41. The van der Waals surface area contributed by atoms with Crippen LogP contribution in [-0.2, 0) is 0 Å². The van der Waals surface area contributed by atoms with Gasteiger partial charge in [0.25, 0.3) is 0 Å². The van der Waals surface area contributed by atoms with Crippen LogP contribution in [-0.4, -0.2) is 62.9 Å². The van der Waals surface area contributed by atoms with Crippen molar-refractivity contribution in [2.24, 2.45) is 16.5 Å². The van der Waals surface area contributed by atoms with E-state index in [9.17, 15) is 0 Å². The van der Waals surface area contributed by atoms with Crippen LogP contribution in [0.4, 0.5) is 0 Å². The summed E-state index contributed by atoms with van der Waals surface area (Å²) in [5.74, 6) is 2.43. The SMILES string of the molecule is C/N=C(/NCCCOc1ccc(C(=N)N)cc1)N(C)CCCOc1ccc(C(=N)N)cc1. The van der Waals surface area contributed by atoms with Gasteiger partial charge in [-0.05, 0) is 61.4 Å². The molecule has 0 amide bonds. The van der Waals surface area contributed by atoms with E-state index in [0.717, 1.165) is 43.4 Å². The molecule has 0 aliphatic rings. The molecular weight excluding hydrogens is 406 g/mol. The van der Waals surface area contributed by atoms with Crippen molar-refractivity contribution >= 4 is 17.6 Å². The Morgan fingerprint density at radius 2 is 1.34 bits per heavy atom. The van der Waals surface area contributed by atoms with Gasteiger partial charge in [0.2, 0.25) is 0 Å². The molecule has 0 bridgehead atoms. The molecule has 0 atom stereocenters. The Hall–Kier alpha value is -3.75. The Bertz CT molecular complexity index is 896. The van der Waals surface area contributed by atoms with Crippen molar-refractivity contribution in [1.29, 1.82) is 10.8 Å². The number of hydrogen-bond donors (Lipinski definition) is 5. The van der Waals surface area contributed by atoms with Crippen LogP contribution in [0.5, 0.6) is 11.5 Å². The van der Waals surface area contributed by atoms with Gasteiger partial charge in [-0.1, -0.05) is 0 Å². The van der Waals surface area contributed by atoms with Crippen LogP contribution in [0.25, 0.3) is 0 Å². The number of amidine groups is 2. The van der Waals surface area contributed by atoms with Gasteiger partial charge < -0.3 is 31.2 Å². The van der Waals surface area contributed by atoms with E-state index in [0.29, 0.717) is 24.3 Å². The summed E-state index contributed by atoms with van der Waals surface area (Å²) in [7, 11) is 3.75. The Balaban J connectivity index is 1.61. The minimum atomic E-state index is 0.0473. The molecule has 9 heteroatoms. The van der Waals surface area contributed by atoms with Gasteiger partial charge in [0.05, 0.1) is 13.2 Å². The number of benzene rings is 2. The van der Waals surface area contributed by atoms with Crippen molar-refractivity contribution in [1.82, 2.24) is 10.2 Å². The van der Waals surface area contributed by atoms with Crippen molar-refractivity contribution in [3.63, 3.8) is 0 Å². The monoisotopic (exact) mass is 439 g/mol. The van der Waals surface area contributed by atoms with Crippen LogP contribution < -0.4 is 26.3 Å². The highest BCUT2D eigenvalue weighted by Crippen LogP contribution is 2.13. The summed E-state index contributed by atoms with van der Waals surface area (Å²) in [6.45, 7) is 2.69. The number of nitrogens with zero attached hydrogens (tertiary/aromatic N) is 2. The van der Waals surface area contributed by atoms with Gasteiger partial charge in [0, 0.05) is 38.3 Å². The number of nitrogens with two attached hydrogens (primary N) is 2. The van der Waals surface area contributed by atoms with E-state index in [1.54, 1.807) is 31.3 Å². The predicted octanol–water partition coefficient (Wildman–Crippen LogP) is 2.00. The predicted molar refractivity (Wildman–Crippen MR) is 129 cm³/mol. The number of aliphatic imine (C=N–C) groups is 1. The fraction of sp³-hybridized carbons (Fsp3) is 0.348. The van der Waals surface area contributed by atoms with Crippen LogP contribution in [0.2, 0.25) is 0 Å². The molecule has 0 aliphatic carbocycles. The summed E-state index contributed by atoms with van der Waals surface area (Å²) >= 11 is 0. The van der Waals surface area contributed by atoms with E-state index in [2.05, 4.69) is 15.2 Å². The lowest BCUT2D eigenvalue weighted by atomic mass is 10.2. The third kappa shape index (κ3) is 8.17. The molecule has 0 heterocycles. The number of nitrogens with one attached hydrogen (secondary N) is 3. The molecular formula is C23H33N7O2. The molecule has 0 aliphatic heterocycles. The molecule has 0 fully saturated rings. The number of ether oxygens (including phenoxy) is 2. The summed E-state index contributed by atoms with van der Waals surface area (Å²) in [6, 6.07) is 14.4. The molecule has 0 spiro atoms. The zero-order valence-electron chi connectivity index (χ0n) is 18.7. The minimum Gasteiger partial charge on any atom is -0.494 e. The molecule has 9 nitrogen and oxygen atoms in total. The lowest BCUT2D eigenvalue weighted by molar-refractivity contribution is 0.292. The Morgan fingerprint density at radius 3 is 1.78 bits per heavy atom. The fourth-order valence-electron chi connectivity index (χ4n) is 2.91. The topological polar surface area (TPSA) is 146 Å². The van der Waals surface area contributed by atoms with Crippen molar-refractivity contribution in [2.75, 3.05) is 40.4 Å².